The number of carboxylic acid groups (broad SMARTS) is 1. The van der Waals surface area contributed by atoms with Crippen molar-refractivity contribution in [1.82, 2.24) is 13.6 Å². The van der Waals surface area contributed by atoms with E-state index in [-0.39, 0.29) is 31.8 Å². The summed E-state index contributed by atoms with van der Waals surface area (Å²) in [5, 5.41) is 18.8. The van der Waals surface area contributed by atoms with Crippen molar-refractivity contribution in [2.45, 2.75) is 18.4 Å². The second-order valence-electron chi connectivity index (χ2n) is 5.10. The number of carboxylic acids is 1. The third-order valence-corrected chi connectivity index (χ3v) is 4.33. The third-order valence-electron chi connectivity index (χ3n) is 3.78. The molecule has 1 saturated heterocycles. The molecule has 2 aromatic rings. The highest BCUT2D eigenvalue weighted by molar-refractivity contribution is 7.00. The first-order chi connectivity index (χ1) is 9.99. The summed E-state index contributed by atoms with van der Waals surface area (Å²) in [5.41, 5.74) is 0.191. The molecule has 2 N–H and O–H groups in total. The van der Waals surface area contributed by atoms with Gasteiger partial charge in [0, 0.05) is 31.5 Å². The predicted octanol–water partition coefficient (Wildman–Crippen LogP) is 0.743. The number of aliphatic hydroxyl groups is 1. The highest BCUT2D eigenvalue weighted by atomic mass is 32.1. The van der Waals surface area contributed by atoms with Crippen LogP contribution in [0, 0.1) is 0 Å². The van der Waals surface area contributed by atoms with E-state index in [1.54, 1.807) is 23.1 Å². The first-order valence-electron chi connectivity index (χ1n) is 6.47. The average molecular weight is 307 g/mol. The van der Waals surface area contributed by atoms with E-state index in [0.717, 1.165) is 17.2 Å². The summed E-state index contributed by atoms with van der Waals surface area (Å²) in [7, 11) is 0. The van der Waals surface area contributed by atoms with Gasteiger partial charge >= 0.3 is 5.97 Å². The largest absolute Gasteiger partial charge is 0.479 e. The Bertz CT molecular complexity index is 706. The lowest BCUT2D eigenvalue weighted by atomic mass is 9.91. The Labute approximate surface area is 124 Å². The number of amides is 1. The zero-order valence-electron chi connectivity index (χ0n) is 11.0. The van der Waals surface area contributed by atoms with Gasteiger partial charge in [-0.05, 0) is 18.2 Å². The molecular formula is C13H13N3O4S. The van der Waals surface area contributed by atoms with Gasteiger partial charge in [0.05, 0.1) is 11.7 Å². The minimum Gasteiger partial charge on any atom is -0.479 e. The second-order valence-corrected chi connectivity index (χ2v) is 5.63. The first kappa shape index (κ1) is 13.9. The van der Waals surface area contributed by atoms with Crippen LogP contribution in [0.4, 0.5) is 0 Å². The van der Waals surface area contributed by atoms with Gasteiger partial charge < -0.3 is 15.1 Å². The molecule has 1 fully saturated rings. The van der Waals surface area contributed by atoms with Gasteiger partial charge in [-0.1, -0.05) is 0 Å². The monoisotopic (exact) mass is 307 g/mol. The van der Waals surface area contributed by atoms with E-state index in [0.29, 0.717) is 11.1 Å². The zero-order valence-corrected chi connectivity index (χ0v) is 11.8. The molecule has 0 atom stereocenters. The molecule has 1 amide bonds. The van der Waals surface area contributed by atoms with Crippen molar-refractivity contribution >= 4 is 34.6 Å². The third kappa shape index (κ3) is 2.47. The summed E-state index contributed by atoms with van der Waals surface area (Å²) >= 11 is 1.09. The molecule has 7 nitrogen and oxygen atoms in total. The number of hydrogen-bond acceptors (Lipinski definition) is 6. The standard InChI is InChI=1S/C13H13N3O4S/c17-11(8-1-2-9-10(7-8)15-21-14-9)16-5-3-13(20,4-6-16)12(18)19/h1-2,7,20H,3-6H2,(H,18,19). The number of aromatic nitrogens is 2. The van der Waals surface area contributed by atoms with Crippen LogP contribution in [-0.2, 0) is 4.79 Å². The Balaban J connectivity index is 1.76. The van der Waals surface area contributed by atoms with E-state index in [2.05, 4.69) is 8.75 Å². The van der Waals surface area contributed by atoms with Crippen molar-refractivity contribution in [1.29, 1.82) is 0 Å². The summed E-state index contributed by atoms with van der Waals surface area (Å²) in [5.74, 6) is -1.41. The zero-order chi connectivity index (χ0) is 15.0. The molecule has 1 aliphatic heterocycles. The number of benzene rings is 1. The molecule has 0 aliphatic carbocycles. The predicted molar refractivity (Wildman–Crippen MR) is 75.1 cm³/mol. The van der Waals surface area contributed by atoms with Crippen molar-refractivity contribution in [3.63, 3.8) is 0 Å². The molecule has 0 unspecified atom stereocenters. The van der Waals surface area contributed by atoms with Crippen LogP contribution < -0.4 is 0 Å². The van der Waals surface area contributed by atoms with Gasteiger partial charge in [0.15, 0.2) is 5.60 Å². The molecular weight excluding hydrogens is 294 g/mol. The van der Waals surface area contributed by atoms with Crippen molar-refractivity contribution < 1.29 is 19.8 Å². The second kappa shape index (κ2) is 5.05. The van der Waals surface area contributed by atoms with Gasteiger partial charge in [0.25, 0.3) is 5.91 Å². The maximum atomic E-state index is 12.4. The Kier molecular flexibility index (Phi) is 3.34. The average Bonchev–Trinajstić information content (AvgIpc) is 2.94. The first-order valence-corrected chi connectivity index (χ1v) is 7.20. The van der Waals surface area contributed by atoms with Crippen molar-refractivity contribution in [2.75, 3.05) is 13.1 Å². The number of piperidine rings is 1. The van der Waals surface area contributed by atoms with Crippen molar-refractivity contribution in [3.05, 3.63) is 23.8 Å². The maximum Gasteiger partial charge on any atom is 0.335 e. The fraction of sp³-hybridized carbons (Fsp3) is 0.385. The SMILES string of the molecule is O=C(c1ccc2nsnc2c1)N1CCC(O)(C(=O)O)CC1. The van der Waals surface area contributed by atoms with Gasteiger partial charge in [0.1, 0.15) is 11.0 Å². The molecule has 110 valence electrons. The summed E-state index contributed by atoms with van der Waals surface area (Å²) in [6, 6.07) is 5.10. The number of nitrogens with zero attached hydrogens (tertiary/aromatic N) is 3. The van der Waals surface area contributed by atoms with E-state index in [4.69, 9.17) is 5.11 Å². The topological polar surface area (TPSA) is 104 Å². The van der Waals surface area contributed by atoms with Gasteiger partial charge in [-0.25, -0.2) is 4.79 Å². The maximum absolute atomic E-state index is 12.4. The molecule has 8 heteroatoms. The fourth-order valence-electron chi connectivity index (χ4n) is 2.39. The molecule has 0 saturated carbocycles. The number of carbonyl (C=O) groups excluding carboxylic acids is 1. The Hall–Kier alpha value is -2.06. The summed E-state index contributed by atoms with van der Waals surface area (Å²) in [4.78, 5) is 24.9. The van der Waals surface area contributed by atoms with E-state index < -0.39 is 11.6 Å². The van der Waals surface area contributed by atoms with Crippen LogP contribution in [0.25, 0.3) is 11.0 Å². The number of hydrogen-bond donors (Lipinski definition) is 2. The van der Waals surface area contributed by atoms with Crippen LogP contribution in [-0.4, -0.2) is 54.4 Å². The van der Waals surface area contributed by atoms with Gasteiger partial charge in [-0.3, -0.25) is 4.79 Å². The van der Waals surface area contributed by atoms with E-state index in [9.17, 15) is 14.7 Å². The number of rotatable bonds is 2. The highest BCUT2D eigenvalue weighted by Gasteiger charge is 2.40. The van der Waals surface area contributed by atoms with Crippen LogP contribution in [0.5, 0.6) is 0 Å². The molecule has 1 aromatic carbocycles. The smallest absolute Gasteiger partial charge is 0.335 e. The lowest BCUT2D eigenvalue weighted by molar-refractivity contribution is -0.162. The number of carbonyl (C=O) groups is 2. The van der Waals surface area contributed by atoms with Crippen molar-refractivity contribution in [2.24, 2.45) is 0 Å². The highest BCUT2D eigenvalue weighted by Crippen LogP contribution is 2.24. The van der Waals surface area contributed by atoms with E-state index in [1.165, 1.54) is 0 Å². The minimum absolute atomic E-state index is 0.0363. The van der Waals surface area contributed by atoms with E-state index >= 15 is 0 Å². The molecule has 0 bridgehead atoms. The molecule has 1 aliphatic rings. The Morgan fingerprint density at radius 3 is 2.52 bits per heavy atom. The van der Waals surface area contributed by atoms with Crippen LogP contribution in [0.2, 0.25) is 0 Å². The summed E-state index contributed by atoms with van der Waals surface area (Å²) < 4.78 is 8.17. The number of aliphatic carboxylic acids is 1. The minimum atomic E-state index is -1.72. The van der Waals surface area contributed by atoms with Gasteiger partial charge in [-0.15, -0.1) is 0 Å². The molecule has 2 heterocycles. The molecule has 3 rings (SSSR count). The van der Waals surface area contributed by atoms with Gasteiger partial charge in [-0.2, -0.15) is 8.75 Å². The molecule has 1 aromatic heterocycles. The van der Waals surface area contributed by atoms with Crippen LogP contribution in [0.3, 0.4) is 0 Å². The van der Waals surface area contributed by atoms with E-state index in [1.807, 2.05) is 0 Å². The fourth-order valence-corrected chi connectivity index (χ4v) is 2.91. The Morgan fingerprint density at radius 2 is 1.86 bits per heavy atom. The number of likely N-dealkylation sites (tertiary alicyclic amines) is 1. The molecule has 0 spiro atoms. The van der Waals surface area contributed by atoms with Crippen molar-refractivity contribution in [3.8, 4) is 0 Å². The lowest BCUT2D eigenvalue weighted by Crippen LogP contribution is -2.50. The van der Waals surface area contributed by atoms with Crippen LogP contribution in [0.15, 0.2) is 18.2 Å². The van der Waals surface area contributed by atoms with Gasteiger partial charge in [0.2, 0.25) is 0 Å². The summed E-state index contributed by atoms with van der Waals surface area (Å²) in [6.07, 6.45) is 0.0726. The molecule has 21 heavy (non-hydrogen) atoms. The Morgan fingerprint density at radius 1 is 1.19 bits per heavy atom. The summed E-state index contributed by atoms with van der Waals surface area (Å²) in [6.45, 7) is 0.434. The normalized spacial score (nSPS) is 17.9. The molecule has 0 radical (unpaired) electrons. The quantitative estimate of drug-likeness (QED) is 0.848. The lowest BCUT2D eigenvalue weighted by Gasteiger charge is -2.35. The van der Waals surface area contributed by atoms with Crippen LogP contribution >= 0.6 is 11.7 Å². The number of fused-ring (bicyclic) bond motifs is 1. The van der Waals surface area contributed by atoms with Crippen LogP contribution in [0.1, 0.15) is 23.2 Å².